The molecule has 4 nitrogen and oxygen atoms in total. The summed E-state index contributed by atoms with van der Waals surface area (Å²) in [5.74, 6) is -0.349. The van der Waals surface area contributed by atoms with Gasteiger partial charge in [-0.25, -0.2) is 4.39 Å². The summed E-state index contributed by atoms with van der Waals surface area (Å²) in [5, 5.41) is 7.02. The van der Waals surface area contributed by atoms with Crippen LogP contribution in [0.5, 0.6) is 0 Å². The Kier molecular flexibility index (Phi) is 4.48. The number of carbonyl (C=O) groups excluding carboxylic acids is 1. The SMILES string of the molecule is O=C(NCCN1CCNCC1)c1cc2cc(F)ccc2s1. The molecule has 2 aromatic rings. The van der Waals surface area contributed by atoms with Gasteiger partial charge in [-0.05, 0) is 29.7 Å². The van der Waals surface area contributed by atoms with Gasteiger partial charge in [-0.2, -0.15) is 0 Å². The molecule has 0 atom stereocenters. The number of piperazine rings is 1. The third-order valence-electron chi connectivity index (χ3n) is 3.63. The number of rotatable bonds is 4. The third-order valence-corrected chi connectivity index (χ3v) is 4.74. The first kappa shape index (κ1) is 14.4. The average Bonchev–Trinajstić information content (AvgIpc) is 2.91. The first-order valence-corrected chi connectivity index (χ1v) is 7.94. The van der Waals surface area contributed by atoms with E-state index in [-0.39, 0.29) is 11.7 Å². The molecule has 1 aliphatic heterocycles. The molecule has 1 aromatic heterocycles. The van der Waals surface area contributed by atoms with Crippen LogP contribution in [0.3, 0.4) is 0 Å². The van der Waals surface area contributed by atoms with Crippen LogP contribution in [0.25, 0.3) is 10.1 Å². The fraction of sp³-hybridized carbons (Fsp3) is 0.400. The lowest BCUT2D eigenvalue weighted by Gasteiger charge is -2.26. The zero-order chi connectivity index (χ0) is 14.7. The van der Waals surface area contributed by atoms with Crippen LogP contribution in [0.1, 0.15) is 9.67 Å². The van der Waals surface area contributed by atoms with Crippen LogP contribution in [0.2, 0.25) is 0 Å². The van der Waals surface area contributed by atoms with Crippen molar-refractivity contribution >= 4 is 27.3 Å². The van der Waals surface area contributed by atoms with E-state index in [4.69, 9.17) is 0 Å². The maximum absolute atomic E-state index is 13.1. The molecule has 0 spiro atoms. The summed E-state index contributed by atoms with van der Waals surface area (Å²) in [7, 11) is 0. The Morgan fingerprint density at radius 3 is 2.95 bits per heavy atom. The Labute approximate surface area is 126 Å². The number of thiophene rings is 1. The van der Waals surface area contributed by atoms with E-state index in [0.29, 0.717) is 11.4 Å². The standard InChI is InChI=1S/C15H18FN3OS/c16-12-1-2-13-11(9-12)10-14(21-13)15(20)18-5-8-19-6-3-17-4-7-19/h1-2,9-10,17H,3-8H2,(H,18,20). The van der Waals surface area contributed by atoms with Gasteiger partial charge >= 0.3 is 0 Å². The Balaban J connectivity index is 1.56. The summed E-state index contributed by atoms with van der Waals surface area (Å²) in [6, 6.07) is 6.35. The number of nitrogens with one attached hydrogen (secondary N) is 2. The van der Waals surface area contributed by atoms with E-state index in [2.05, 4.69) is 15.5 Å². The van der Waals surface area contributed by atoms with Crippen molar-refractivity contribution in [3.8, 4) is 0 Å². The van der Waals surface area contributed by atoms with Crippen molar-refractivity contribution in [1.82, 2.24) is 15.5 Å². The summed E-state index contributed by atoms with van der Waals surface area (Å²) in [4.78, 5) is 15.1. The fourth-order valence-corrected chi connectivity index (χ4v) is 3.43. The lowest BCUT2D eigenvalue weighted by molar-refractivity contribution is 0.0951. The van der Waals surface area contributed by atoms with Gasteiger partial charge in [0.1, 0.15) is 5.82 Å². The Morgan fingerprint density at radius 2 is 2.14 bits per heavy atom. The Hall–Kier alpha value is -1.50. The van der Waals surface area contributed by atoms with Crippen molar-refractivity contribution in [2.75, 3.05) is 39.3 Å². The average molecular weight is 307 g/mol. The van der Waals surface area contributed by atoms with Gasteiger partial charge in [-0.1, -0.05) is 0 Å². The molecule has 0 unspecified atom stereocenters. The van der Waals surface area contributed by atoms with E-state index in [9.17, 15) is 9.18 Å². The highest BCUT2D eigenvalue weighted by Crippen LogP contribution is 2.26. The van der Waals surface area contributed by atoms with Gasteiger partial charge in [0, 0.05) is 44.0 Å². The molecule has 1 amide bonds. The molecule has 0 bridgehead atoms. The van der Waals surface area contributed by atoms with E-state index in [1.807, 2.05) is 0 Å². The van der Waals surface area contributed by atoms with Crippen LogP contribution in [0, 0.1) is 5.82 Å². The summed E-state index contributed by atoms with van der Waals surface area (Å²) in [6.07, 6.45) is 0. The number of amides is 1. The predicted molar refractivity (Wildman–Crippen MR) is 83.4 cm³/mol. The molecule has 2 N–H and O–H groups in total. The molecular weight excluding hydrogens is 289 g/mol. The molecular formula is C15H18FN3OS. The second kappa shape index (κ2) is 6.51. The summed E-state index contributed by atoms with van der Waals surface area (Å²) in [6.45, 7) is 5.58. The Bertz CT molecular complexity index is 637. The predicted octanol–water partition coefficient (Wildman–Crippen LogP) is 1.68. The third kappa shape index (κ3) is 3.58. The molecule has 1 fully saturated rings. The molecule has 3 rings (SSSR count). The summed E-state index contributed by atoms with van der Waals surface area (Å²) in [5.41, 5.74) is 0. The van der Waals surface area contributed by atoms with Crippen molar-refractivity contribution in [2.45, 2.75) is 0 Å². The summed E-state index contributed by atoms with van der Waals surface area (Å²) >= 11 is 1.40. The van der Waals surface area contributed by atoms with Crippen molar-refractivity contribution < 1.29 is 9.18 Å². The highest BCUT2D eigenvalue weighted by atomic mass is 32.1. The lowest BCUT2D eigenvalue weighted by Crippen LogP contribution is -2.46. The van der Waals surface area contributed by atoms with Crippen LogP contribution < -0.4 is 10.6 Å². The van der Waals surface area contributed by atoms with Crippen LogP contribution in [0.15, 0.2) is 24.3 Å². The minimum absolute atomic E-state index is 0.0771. The molecule has 6 heteroatoms. The van der Waals surface area contributed by atoms with Gasteiger partial charge in [0.05, 0.1) is 4.88 Å². The van der Waals surface area contributed by atoms with Crippen LogP contribution in [0.4, 0.5) is 4.39 Å². The maximum Gasteiger partial charge on any atom is 0.261 e. The molecule has 112 valence electrons. The second-order valence-corrected chi connectivity index (χ2v) is 6.22. The van der Waals surface area contributed by atoms with Gasteiger partial charge in [0.2, 0.25) is 0 Å². The van der Waals surface area contributed by atoms with Crippen molar-refractivity contribution in [1.29, 1.82) is 0 Å². The zero-order valence-corrected chi connectivity index (χ0v) is 12.5. The number of carbonyl (C=O) groups is 1. The van der Waals surface area contributed by atoms with E-state index in [0.717, 1.165) is 42.8 Å². The monoisotopic (exact) mass is 307 g/mol. The fourth-order valence-electron chi connectivity index (χ4n) is 2.48. The van der Waals surface area contributed by atoms with Crippen LogP contribution >= 0.6 is 11.3 Å². The van der Waals surface area contributed by atoms with E-state index in [1.165, 1.54) is 23.5 Å². The number of nitrogens with zero attached hydrogens (tertiary/aromatic N) is 1. The molecule has 21 heavy (non-hydrogen) atoms. The van der Waals surface area contributed by atoms with Crippen molar-refractivity contribution in [3.05, 3.63) is 35.0 Å². The molecule has 1 saturated heterocycles. The first-order chi connectivity index (χ1) is 10.2. The number of fused-ring (bicyclic) bond motifs is 1. The number of benzene rings is 1. The summed E-state index contributed by atoms with van der Waals surface area (Å²) < 4.78 is 14.1. The molecule has 0 saturated carbocycles. The van der Waals surface area contributed by atoms with Crippen molar-refractivity contribution in [3.63, 3.8) is 0 Å². The first-order valence-electron chi connectivity index (χ1n) is 7.13. The van der Waals surface area contributed by atoms with E-state index < -0.39 is 0 Å². The van der Waals surface area contributed by atoms with Gasteiger partial charge in [0.15, 0.2) is 0 Å². The highest BCUT2D eigenvalue weighted by molar-refractivity contribution is 7.20. The van der Waals surface area contributed by atoms with Crippen LogP contribution in [-0.4, -0.2) is 50.1 Å². The number of hydrogen-bond donors (Lipinski definition) is 2. The topological polar surface area (TPSA) is 44.4 Å². The smallest absolute Gasteiger partial charge is 0.261 e. The second-order valence-electron chi connectivity index (χ2n) is 5.14. The molecule has 1 aromatic carbocycles. The minimum atomic E-state index is -0.272. The normalized spacial score (nSPS) is 16.2. The Morgan fingerprint density at radius 1 is 1.33 bits per heavy atom. The quantitative estimate of drug-likeness (QED) is 0.903. The lowest BCUT2D eigenvalue weighted by atomic mass is 10.2. The molecule has 0 aliphatic carbocycles. The number of hydrogen-bond acceptors (Lipinski definition) is 4. The zero-order valence-electron chi connectivity index (χ0n) is 11.7. The highest BCUT2D eigenvalue weighted by Gasteiger charge is 2.12. The number of halogens is 1. The van der Waals surface area contributed by atoms with Crippen LogP contribution in [-0.2, 0) is 0 Å². The largest absolute Gasteiger partial charge is 0.350 e. The molecule has 0 radical (unpaired) electrons. The van der Waals surface area contributed by atoms with Gasteiger partial charge in [0.25, 0.3) is 5.91 Å². The molecule has 1 aliphatic rings. The maximum atomic E-state index is 13.1. The van der Waals surface area contributed by atoms with E-state index in [1.54, 1.807) is 12.1 Å². The molecule has 2 heterocycles. The van der Waals surface area contributed by atoms with Gasteiger partial charge in [-0.15, -0.1) is 11.3 Å². The van der Waals surface area contributed by atoms with Gasteiger partial charge in [-0.3, -0.25) is 9.69 Å². The van der Waals surface area contributed by atoms with E-state index >= 15 is 0 Å². The van der Waals surface area contributed by atoms with Crippen molar-refractivity contribution in [2.24, 2.45) is 0 Å². The minimum Gasteiger partial charge on any atom is -0.350 e. The van der Waals surface area contributed by atoms with Gasteiger partial charge < -0.3 is 10.6 Å².